The topological polar surface area (TPSA) is 83.6 Å². The van der Waals surface area contributed by atoms with Crippen LogP contribution in [-0.4, -0.2) is 48.7 Å². The average Bonchev–Trinajstić information content (AvgIpc) is 3.45. The van der Waals surface area contributed by atoms with Crippen LogP contribution in [0.15, 0.2) is 36.5 Å². The van der Waals surface area contributed by atoms with Gasteiger partial charge in [0.2, 0.25) is 0 Å². The third-order valence-corrected chi connectivity index (χ3v) is 6.34. The first-order valence-electron chi connectivity index (χ1n) is 10.8. The third-order valence-electron chi connectivity index (χ3n) is 6.34. The molecule has 7 nitrogen and oxygen atoms in total. The number of amides is 2. The molecule has 2 saturated heterocycles. The van der Waals surface area contributed by atoms with E-state index in [0.29, 0.717) is 0 Å². The Labute approximate surface area is 207 Å². The van der Waals surface area contributed by atoms with Gasteiger partial charge < -0.3 is 10.2 Å². The predicted molar refractivity (Wildman–Crippen MR) is 111 cm³/mol. The smallest absolute Gasteiger partial charge is 0.369 e. The van der Waals surface area contributed by atoms with Crippen molar-refractivity contribution in [3.05, 3.63) is 58.9 Å². The molecule has 3 heterocycles. The Kier molecular flexibility index (Phi) is 6.74. The van der Waals surface area contributed by atoms with Gasteiger partial charge in [-0.15, -0.1) is 0 Å². The molecule has 0 bridgehead atoms. The van der Waals surface area contributed by atoms with Crippen molar-refractivity contribution in [2.75, 3.05) is 24.6 Å². The third kappa shape index (κ3) is 5.21. The fourth-order valence-corrected chi connectivity index (χ4v) is 4.28. The number of hydrogen-bond acceptors (Lipinski definition) is 5. The molecule has 2 aliphatic rings. The zero-order valence-corrected chi connectivity index (χ0v) is 18.9. The van der Waals surface area contributed by atoms with Crippen molar-refractivity contribution in [2.24, 2.45) is 0 Å². The summed E-state index contributed by atoms with van der Waals surface area (Å²) in [5.41, 5.74) is -5.99. The average molecular weight is 556 g/mol. The van der Waals surface area contributed by atoms with Gasteiger partial charge in [-0.1, -0.05) is 0 Å². The molecular weight excluding hydrogens is 539 g/mol. The zero-order chi connectivity index (χ0) is 28.1. The molecule has 206 valence electrons. The lowest BCUT2D eigenvalue weighted by atomic mass is 9.77. The van der Waals surface area contributed by atoms with Crippen LogP contribution in [0.5, 0.6) is 0 Å². The molecule has 1 aromatic heterocycles. The molecule has 16 heteroatoms. The molecule has 2 fully saturated rings. The summed E-state index contributed by atoms with van der Waals surface area (Å²) < 4.78 is 123. The molecule has 0 aliphatic carbocycles. The number of hydroxylamine groups is 1. The van der Waals surface area contributed by atoms with Crippen molar-refractivity contribution in [1.29, 1.82) is 0 Å². The molecule has 2 atom stereocenters. The number of carbonyl (C=O) groups excluding carboxylic acids is 2. The molecular formula is C22H17F9N4O3. The van der Waals surface area contributed by atoms with E-state index in [9.17, 15) is 49.1 Å². The lowest BCUT2D eigenvalue weighted by Gasteiger charge is -2.33. The lowest BCUT2D eigenvalue weighted by molar-refractivity contribution is -0.185. The summed E-state index contributed by atoms with van der Waals surface area (Å²) in [6.07, 6.45) is -15.6. The highest BCUT2D eigenvalue weighted by Gasteiger charge is 2.60. The Hall–Kier alpha value is -3.56. The minimum Gasteiger partial charge on any atom is -0.369 e. The zero-order valence-electron chi connectivity index (χ0n) is 18.9. The molecule has 2 unspecified atom stereocenters. The van der Waals surface area contributed by atoms with Gasteiger partial charge in [-0.2, -0.15) is 39.5 Å². The number of nitrogens with one attached hydrogen (secondary N) is 2. The van der Waals surface area contributed by atoms with Crippen LogP contribution in [0.2, 0.25) is 0 Å². The van der Waals surface area contributed by atoms with Crippen LogP contribution in [-0.2, 0) is 27.4 Å². The summed E-state index contributed by atoms with van der Waals surface area (Å²) in [7, 11) is 0. The van der Waals surface area contributed by atoms with Crippen LogP contribution < -0.4 is 15.7 Å². The van der Waals surface area contributed by atoms with Crippen LogP contribution in [0.1, 0.15) is 33.6 Å². The monoisotopic (exact) mass is 556 g/mol. The summed E-state index contributed by atoms with van der Waals surface area (Å²) in [5.74, 6) is -1.38. The van der Waals surface area contributed by atoms with Crippen molar-refractivity contribution in [3.8, 4) is 0 Å². The van der Waals surface area contributed by atoms with Gasteiger partial charge in [0.05, 0.1) is 23.0 Å². The van der Waals surface area contributed by atoms with Crippen molar-refractivity contribution in [2.45, 2.75) is 36.4 Å². The number of rotatable bonds is 4. The van der Waals surface area contributed by atoms with Crippen molar-refractivity contribution in [3.63, 3.8) is 0 Å². The molecule has 2 N–H and O–H groups in total. The molecule has 0 radical (unpaired) electrons. The van der Waals surface area contributed by atoms with Gasteiger partial charge in [0.25, 0.3) is 11.8 Å². The Bertz CT molecular complexity index is 1200. The Morgan fingerprint density at radius 1 is 1.03 bits per heavy atom. The quantitative estimate of drug-likeness (QED) is 0.557. The summed E-state index contributed by atoms with van der Waals surface area (Å²) >= 11 is 0. The second-order valence-corrected chi connectivity index (χ2v) is 8.75. The second kappa shape index (κ2) is 9.32. The number of alkyl halides is 9. The van der Waals surface area contributed by atoms with E-state index in [1.54, 1.807) is 0 Å². The summed E-state index contributed by atoms with van der Waals surface area (Å²) in [6, 6.07) is 1.37. The number of pyridine rings is 1. The second-order valence-electron chi connectivity index (χ2n) is 8.75. The van der Waals surface area contributed by atoms with E-state index >= 15 is 0 Å². The van der Waals surface area contributed by atoms with Gasteiger partial charge in [0, 0.05) is 13.1 Å². The number of aromatic nitrogens is 1. The normalized spacial score (nSPS) is 22.5. The number of anilines is 1. The molecule has 2 aliphatic heterocycles. The standard InChI is InChI=1S/C22H17F9N4O3/c23-20(24,25)12-5-11(6-13(7-12)21(26,27)28)19(22(29,30)31)3-4-35(10-19)14-1-2-15(32-8-14)17(36)33-16-9-38-34-18(16)37/h1-2,5-8,16H,3-4,9-10H2,(H,33,36)(H,34,37). The SMILES string of the molecule is O=C(NC1CONC1=O)c1ccc(N2CCC(c3cc(C(F)(F)F)cc(C(F)(F)F)c3)(C(F)(F)F)C2)cn1. The molecule has 1 aromatic carbocycles. The largest absolute Gasteiger partial charge is 0.416 e. The highest BCUT2D eigenvalue weighted by molar-refractivity contribution is 5.96. The van der Waals surface area contributed by atoms with Gasteiger partial charge in [-0.05, 0) is 42.3 Å². The van der Waals surface area contributed by atoms with Crippen molar-refractivity contribution >= 4 is 17.5 Å². The van der Waals surface area contributed by atoms with E-state index in [1.165, 1.54) is 6.07 Å². The number of hydrogen-bond donors (Lipinski definition) is 2. The van der Waals surface area contributed by atoms with Gasteiger partial charge in [0.1, 0.15) is 23.8 Å². The van der Waals surface area contributed by atoms with Crippen LogP contribution in [0.25, 0.3) is 0 Å². The Balaban J connectivity index is 1.63. The molecule has 2 amide bonds. The summed E-state index contributed by atoms with van der Waals surface area (Å²) in [4.78, 5) is 33.4. The number of benzene rings is 1. The minimum absolute atomic E-state index is 0.0534. The Morgan fingerprint density at radius 3 is 2.13 bits per heavy atom. The van der Waals surface area contributed by atoms with E-state index in [2.05, 4.69) is 15.1 Å². The maximum Gasteiger partial charge on any atom is 0.416 e. The summed E-state index contributed by atoms with van der Waals surface area (Å²) in [6.45, 7) is -1.49. The molecule has 0 saturated carbocycles. The van der Waals surface area contributed by atoms with Crippen molar-refractivity contribution in [1.82, 2.24) is 15.8 Å². The first-order valence-corrected chi connectivity index (χ1v) is 10.8. The fourth-order valence-electron chi connectivity index (χ4n) is 4.28. The van der Waals surface area contributed by atoms with Gasteiger partial charge in [-0.3, -0.25) is 14.4 Å². The maximum atomic E-state index is 14.3. The van der Waals surface area contributed by atoms with Crippen LogP contribution in [0.4, 0.5) is 45.2 Å². The number of halogens is 9. The summed E-state index contributed by atoms with van der Waals surface area (Å²) in [5, 5.41) is 2.34. The van der Waals surface area contributed by atoms with Gasteiger partial charge in [0.15, 0.2) is 0 Å². The van der Waals surface area contributed by atoms with Crippen LogP contribution in [0, 0.1) is 0 Å². The van der Waals surface area contributed by atoms with Gasteiger partial charge in [-0.25, -0.2) is 10.5 Å². The van der Waals surface area contributed by atoms with E-state index in [-0.39, 0.29) is 42.7 Å². The molecule has 2 aromatic rings. The number of carbonyl (C=O) groups is 2. The Morgan fingerprint density at radius 2 is 1.66 bits per heavy atom. The maximum absolute atomic E-state index is 14.3. The lowest BCUT2D eigenvalue weighted by Crippen LogP contribution is -2.45. The highest BCUT2D eigenvalue weighted by Crippen LogP contribution is 2.50. The number of nitrogens with zero attached hydrogens (tertiary/aromatic N) is 2. The predicted octanol–water partition coefficient (Wildman–Crippen LogP) is 3.99. The van der Waals surface area contributed by atoms with Crippen molar-refractivity contribution < 1.29 is 53.9 Å². The highest BCUT2D eigenvalue weighted by atomic mass is 19.4. The first-order chi connectivity index (χ1) is 17.5. The van der Waals surface area contributed by atoms with E-state index in [0.717, 1.165) is 17.2 Å². The molecule has 4 rings (SSSR count). The van der Waals surface area contributed by atoms with E-state index < -0.39 is 71.5 Å². The van der Waals surface area contributed by atoms with Crippen LogP contribution in [0.3, 0.4) is 0 Å². The van der Waals surface area contributed by atoms with E-state index in [1.807, 2.05) is 5.48 Å². The van der Waals surface area contributed by atoms with Crippen LogP contribution >= 0.6 is 0 Å². The fraction of sp³-hybridized carbons (Fsp3) is 0.409. The first kappa shape index (κ1) is 27.5. The van der Waals surface area contributed by atoms with Gasteiger partial charge >= 0.3 is 18.5 Å². The van der Waals surface area contributed by atoms with E-state index in [4.69, 9.17) is 0 Å². The molecule has 0 spiro atoms. The minimum atomic E-state index is -5.31. The molecule has 38 heavy (non-hydrogen) atoms.